The summed E-state index contributed by atoms with van der Waals surface area (Å²) in [5, 5.41) is 1.56. The molecule has 0 spiro atoms. The van der Waals surface area contributed by atoms with Crippen molar-refractivity contribution in [2.75, 3.05) is 6.61 Å². The summed E-state index contributed by atoms with van der Waals surface area (Å²) in [6, 6.07) is 1.94. The highest BCUT2D eigenvalue weighted by atomic mass is 35.5. The zero-order chi connectivity index (χ0) is 17.5. The van der Waals surface area contributed by atoms with E-state index >= 15 is 0 Å². The van der Waals surface area contributed by atoms with Gasteiger partial charge in [0, 0.05) is 6.20 Å². The first-order valence-corrected chi connectivity index (χ1v) is 11.7. The molecule has 0 unspecified atom stereocenters. The van der Waals surface area contributed by atoms with E-state index < -0.39 is 8.32 Å². The first kappa shape index (κ1) is 17.9. The van der Waals surface area contributed by atoms with Crippen molar-refractivity contribution < 1.29 is 9.16 Å². The van der Waals surface area contributed by atoms with Crippen molar-refractivity contribution in [1.29, 1.82) is 0 Å². The van der Waals surface area contributed by atoms with Crippen LogP contribution in [-0.2, 0) is 9.16 Å². The van der Waals surface area contributed by atoms with Crippen LogP contribution in [-0.4, -0.2) is 35.6 Å². The van der Waals surface area contributed by atoms with Crippen molar-refractivity contribution in [3.8, 4) is 0 Å². The first-order chi connectivity index (χ1) is 11.2. The Morgan fingerprint density at radius 2 is 2.08 bits per heavy atom. The minimum atomic E-state index is -1.74. The number of hydrogen-bond acceptors (Lipinski definition) is 4. The van der Waals surface area contributed by atoms with Gasteiger partial charge in [-0.2, -0.15) is 0 Å². The molecule has 7 heteroatoms. The highest BCUT2D eigenvalue weighted by molar-refractivity contribution is 6.74. The molecule has 0 bridgehead atoms. The first-order valence-electron chi connectivity index (χ1n) is 8.45. The predicted molar refractivity (Wildman–Crippen MR) is 98.8 cm³/mol. The largest absolute Gasteiger partial charge is 0.414 e. The van der Waals surface area contributed by atoms with E-state index in [9.17, 15) is 0 Å². The van der Waals surface area contributed by atoms with E-state index in [2.05, 4.69) is 48.4 Å². The highest BCUT2D eigenvalue weighted by Gasteiger charge is 2.38. The molecule has 0 aliphatic carbocycles. The molecule has 1 aliphatic rings. The fourth-order valence-electron chi connectivity index (χ4n) is 2.70. The van der Waals surface area contributed by atoms with Crippen molar-refractivity contribution in [3.05, 3.63) is 23.7 Å². The molecule has 0 amide bonds. The van der Waals surface area contributed by atoms with Crippen LogP contribution in [0, 0.1) is 0 Å². The molecular formula is C17H26ClN3O2Si. The number of aromatic nitrogens is 3. The summed E-state index contributed by atoms with van der Waals surface area (Å²) < 4.78 is 14.6. The maximum absolute atomic E-state index is 6.31. The Kier molecular flexibility index (Phi) is 4.77. The molecule has 0 radical (unpaired) electrons. The summed E-state index contributed by atoms with van der Waals surface area (Å²) in [7, 11) is -1.74. The van der Waals surface area contributed by atoms with E-state index in [1.54, 1.807) is 0 Å². The average Bonchev–Trinajstić information content (AvgIpc) is 3.10. The number of hydrogen-bond donors (Lipinski definition) is 0. The Morgan fingerprint density at radius 1 is 1.33 bits per heavy atom. The average molecular weight is 368 g/mol. The van der Waals surface area contributed by atoms with Crippen molar-refractivity contribution in [3.63, 3.8) is 0 Å². The molecule has 0 N–H and O–H groups in total. The van der Waals surface area contributed by atoms with Gasteiger partial charge < -0.3 is 13.7 Å². The van der Waals surface area contributed by atoms with Gasteiger partial charge in [0.25, 0.3) is 0 Å². The second-order valence-corrected chi connectivity index (χ2v) is 13.2. The number of halogens is 1. The molecule has 132 valence electrons. The van der Waals surface area contributed by atoms with Crippen LogP contribution >= 0.6 is 11.6 Å². The van der Waals surface area contributed by atoms with Gasteiger partial charge in [-0.25, -0.2) is 9.97 Å². The lowest BCUT2D eigenvalue weighted by molar-refractivity contribution is -0.0179. The van der Waals surface area contributed by atoms with Crippen LogP contribution in [0.15, 0.2) is 18.6 Å². The van der Waals surface area contributed by atoms with E-state index in [1.165, 1.54) is 6.33 Å². The molecule has 2 aromatic rings. The van der Waals surface area contributed by atoms with Crippen molar-refractivity contribution in [1.82, 2.24) is 14.5 Å². The van der Waals surface area contributed by atoms with Gasteiger partial charge >= 0.3 is 0 Å². The van der Waals surface area contributed by atoms with E-state index in [0.29, 0.717) is 11.8 Å². The van der Waals surface area contributed by atoms with Crippen LogP contribution in [0.5, 0.6) is 0 Å². The van der Waals surface area contributed by atoms with Gasteiger partial charge in [-0.15, -0.1) is 0 Å². The maximum atomic E-state index is 6.31. The van der Waals surface area contributed by atoms with Crippen LogP contribution in [0.2, 0.25) is 23.3 Å². The molecule has 5 nitrogen and oxygen atoms in total. The fraction of sp³-hybridized carbons (Fsp3) is 0.647. The Morgan fingerprint density at radius 3 is 2.79 bits per heavy atom. The van der Waals surface area contributed by atoms with Crippen LogP contribution in [0.4, 0.5) is 0 Å². The Balaban J connectivity index is 1.66. The minimum Gasteiger partial charge on any atom is -0.414 e. The third-order valence-electron chi connectivity index (χ3n) is 5.29. The Bertz CT molecular complexity index is 726. The lowest BCUT2D eigenvalue weighted by atomic mass is 10.2. The summed E-state index contributed by atoms with van der Waals surface area (Å²) in [5.41, 5.74) is 0.825. The van der Waals surface area contributed by atoms with E-state index in [-0.39, 0.29) is 17.4 Å². The van der Waals surface area contributed by atoms with E-state index in [1.807, 2.05) is 12.3 Å². The zero-order valence-electron chi connectivity index (χ0n) is 15.0. The quantitative estimate of drug-likeness (QED) is 0.576. The predicted octanol–water partition coefficient (Wildman–Crippen LogP) is 4.78. The zero-order valence-corrected chi connectivity index (χ0v) is 16.8. The van der Waals surface area contributed by atoms with Crippen molar-refractivity contribution >= 4 is 31.0 Å². The third kappa shape index (κ3) is 3.38. The van der Waals surface area contributed by atoms with Gasteiger partial charge in [0.15, 0.2) is 8.32 Å². The number of nitrogens with zero attached hydrogens (tertiary/aromatic N) is 3. The fourth-order valence-corrected chi connectivity index (χ4v) is 3.93. The molecule has 0 aromatic carbocycles. The van der Waals surface area contributed by atoms with E-state index in [4.69, 9.17) is 20.8 Å². The highest BCUT2D eigenvalue weighted by Crippen LogP contribution is 2.38. The van der Waals surface area contributed by atoms with Crippen molar-refractivity contribution in [2.24, 2.45) is 0 Å². The van der Waals surface area contributed by atoms with Crippen molar-refractivity contribution in [2.45, 2.75) is 64.1 Å². The molecule has 1 aliphatic heterocycles. The van der Waals surface area contributed by atoms with Gasteiger partial charge in [0.1, 0.15) is 23.4 Å². The standard InChI is InChI=1S/C17H26ClN3O2Si/c1-17(2,3)24(4,5)22-10-12-6-7-14(23-12)21-9-8-13-15(18)19-11-20-16(13)21/h8-9,11-12,14H,6-7,10H2,1-5H3/t12-,14+/m0/s1. The van der Waals surface area contributed by atoms with Crippen LogP contribution in [0.25, 0.3) is 11.0 Å². The molecule has 2 atom stereocenters. The van der Waals surface area contributed by atoms with Gasteiger partial charge in [-0.3, -0.25) is 0 Å². The molecule has 0 saturated carbocycles. The third-order valence-corrected chi connectivity index (χ3v) is 10.1. The molecule has 1 saturated heterocycles. The smallest absolute Gasteiger partial charge is 0.192 e. The second kappa shape index (κ2) is 6.41. The van der Waals surface area contributed by atoms with Gasteiger partial charge in [-0.05, 0) is 37.0 Å². The van der Waals surface area contributed by atoms with Crippen LogP contribution in [0.1, 0.15) is 39.8 Å². The number of fused-ring (bicyclic) bond motifs is 1. The lowest BCUT2D eigenvalue weighted by Crippen LogP contribution is -2.42. The van der Waals surface area contributed by atoms with Gasteiger partial charge in [0.05, 0.1) is 18.1 Å². The summed E-state index contributed by atoms with van der Waals surface area (Å²) >= 11 is 6.13. The second-order valence-electron chi connectivity index (χ2n) is 7.99. The van der Waals surface area contributed by atoms with Gasteiger partial charge in [-0.1, -0.05) is 32.4 Å². The molecule has 2 aromatic heterocycles. The molecule has 1 fully saturated rings. The van der Waals surface area contributed by atoms with Crippen LogP contribution < -0.4 is 0 Å². The summed E-state index contributed by atoms with van der Waals surface area (Å²) in [6.07, 6.45) is 5.55. The number of ether oxygens (including phenoxy) is 1. The lowest BCUT2D eigenvalue weighted by Gasteiger charge is -2.36. The molecule has 3 rings (SSSR count). The van der Waals surface area contributed by atoms with E-state index in [0.717, 1.165) is 23.9 Å². The number of rotatable bonds is 4. The normalized spacial score (nSPS) is 22.4. The minimum absolute atomic E-state index is 0.0125. The Labute approximate surface area is 149 Å². The van der Waals surface area contributed by atoms with Crippen LogP contribution in [0.3, 0.4) is 0 Å². The molecule has 3 heterocycles. The maximum Gasteiger partial charge on any atom is 0.192 e. The summed E-state index contributed by atoms with van der Waals surface area (Å²) in [5.74, 6) is 0. The Hall–Kier alpha value is -0.953. The SMILES string of the molecule is CC(C)(C)[Si](C)(C)OC[C@@H]1CC[C@H](n2ccc3c(Cl)ncnc32)O1. The van der Waals surface area contributed by atoms with Gasteiger partial charge in [0.2, 0.25) is 0 Å². The monoisotopic (exact) mass is 367 g/mol. The molecule has 24 heavy (non-hydrogen) atoms. The molecular weight excluding hydrogens is 342 g/mol. The topological polar surface area (TPSA) is 49.2 Å². The summed E-state index contributed by atoms with van der Waals surface area (Å²) in [4.78, 5) is 8.38. The summed E-state index contributed by atoms with van der Waals surface area (Å²) in [6.45, 7) is 12.0.